The number of carbonyl (C=O) groups excluding carboxylic acids is 2. The monoisotopic (exact) mass is 504 g/mol. The molecular formula is C22H14Cl2N2O6S. The van der Waals surface area contributed by atoms with Gasteiger partial charge in [0.1, 0.15) is 23.9 Å². The minimum Gasteiger partial charge on any atom is -0.492 e. The lowest BCUT2D eigenvalue weighted by Crippen LogP contribution is -2.32. The van der Waals surface area contributed by atoms with Crippen molar-refractivity contribution >= 4 is 57.9 Å². The van der Waals surface area contributed by atoms with Crippen molar-refractivity contribution in [1.82, 2.24) is 4.90 Å². The van der Waals surface area contributed by atoms with Crippen molar-refractivity contribution in [1.29, 1.82) is 0 Å². The molecule has 1 saturated heterocycles. The SMILES string of the molecule is O=C1S/C(=C\c2ccc(-c3cc([N+](=O)[O-])ccc3Cl)o2)C(=O)N1CCOc1ccc(Cl)cc1. The van der Waals surface area contributed by atoms with Gasteiger partial charge in [0, 0.05) is 28.8 Å². The first kappa shape index (κ1) is 22.9. The van der Waals surface area contributed by atoms with E-state index in [1.807, 2.05) is 0 Å². The van der Waals surface area contributed by atoms with Crippen molar-refractivity contribution in [3.05, 3.63) is 85.4 Å². The van der Waals surface area contributed by atoms with E-state index < -0.39 is 16.1 Å². The molecule has 0 N–H and O–H groups in total. The number of thioether (sulfide) groups is 1. The van der Waals surface area contributed by atoms with Crippen molar-refractivity contribution in [3.63, 3.8) is 0 Å². The zero-order valence-corrected chi connectivity index (χ0v) is 19.0. The summed E-state index contributed by atoms with van der Waals surface area (Å²) < 4.78 is 11.3. The maximum Gasteiger partial charge on any atom is 0.293 e. The van der Waals surface area contributed by atoms with E-state index in [2.05, 4.69) is 0 Å². The van der Waals surface area contributed by atoms with Crippen molar-refractivity contribution in [2.75, 3.05) is 13.2 Å². The van der Waals surface area contributed by atoms with Crippen LogP contribution < -0.4 is 4.74 Å². The van der Waals surface area contributed by atoms with Gasteiger partial charge in [0.2, 0.25) is 0 Å². The van der Waals surface area contributed by atoms with Crippen LogP contribution >= 0.6 is 35.0 Å². The lowest BCUT2D eigenvalue weighted by molar-refractivity contribution is -0.384. The summed E-state index contributed by atoms with van der Waals surface area (Å²) in [5.41, 5.74) is 0.215. The van der Waals surface area contributed by atoms with Crippen molar-refractivity contribution in [3.8, 4) is 17.1 Å². The minimum atomic E-state index is -0.531. The van der Waals surface area contributed by atoms with Crippen LogP contribution in [-0.4, -0.2) is 34.1 Å². The highest BCUT2D eigenvalue weighted by molar-refractivity contribution is 8.18. The van der Waals surface area contributed by atoms with Crippen molar-refractivity contribution in [2.24, 2.45) is 0 Å². The molecule has 2 heterocycles. The molecule has 0 bridgehead atoms. The van der Waals surface area contributed by atoms with Crippen molar-refractivity contribution < 1.29 is 23.7 Å². The first-order valence-electron chi connectivity index (χ1n) is 9.50. The summed E-state index contributed by atoms with van der Waals surface area (Å²) in [7, 11) is 0. The molecule has 2 aromatic carbocycles. The Bertz CT molecular complexity index is 1270. The third kappa shape index (κ3) is 5.22. The summed E-state index contributed by atoms with van der Waals surface area (Å²) in [4.78, 5) is 36.7. The number of nitrogens with zero attached hydrogens (tertiary/aromatic N) is 2. The summed E-state index contributed by atoms with van der Waals surface area (Å²) in [5.74, 6) is 0.710. The smallest absolute Gasteiger partial charge is 0.293 e. The number of non-ortho nitro benzene ring substituents is 1. The molecule has 0 saturated carbocycles. The highest BCUT2D eigenvalue weighted by Crippen LogP contribution is 2.35. The molecule has 2 amide bonds. The van der Waals surface area contributed by atoms with Crippen molar-refractivity contribution in [2.45, 2.75) is 0 Å². The van der Waals surface area contributed by atoms with E-state index in [1.165, 1.54) is 24.3 Å². The highest BCUT2D eigenvalue weighted by atomic mass is 35.5. The van der Waals surface area contributed by atoms with Crippen LogP contribution in [-0.2, 0) is 4.79 Å². The summed E-state index contributed by atoms with van der Waals surface area (Å²) in [5, 5.41) is 11.5. The maximum atomic E-state index is 12.7. The Labute approximate surface area is 201 Å². The molecule has 1 aromatic heterocycles. The molecule has 0 aliphatic carbocycles. The number of hydrogen-bond donors (Lipinski definition) is 0. The van der Waals surface area contributed by atoms with Gasteiger partial charge in [-0.1, -0.05) is 23.2 Å². The standard InChI is InChI=1S/C22H14Cl2N2O6S/c23-13-1-4-15(5-2-13)31-10-9-25-21(27)20(33-22(25)28)12-16-6-8-19(32-16)17-11-14(26(29)30)3-7-18(17)24/h1-8,11-12H,9-10H2/b20-12-. The summed E-state index contributed by atoms with van der Waals surface area (Å²) in [6, 6.07) is 13.9. The molecule has 8 nitrogen and oxygen atoms in total. The molecule has 1 aliphatic heterocycles. The van der Waals surface area contributed by atoms with Crippen LogP contribution in [0, 0.1) is 10.1 Å². The minimum absolute atomic E-state index is 0.0807. The van der Waals surface area contributed by atoms with E-state index in [9.17, 15) is 19.7 Å². The van der Waals surface area contributed by atoms with Crippen LogP contribution in [0.2, 0.25) is 10.0 Å². The second kappa shape index (κ2) is 9.70. The lowest BCUT2D eigenvalue weighted by Gasteiger charge is -2.13. The molecule has 1 fully saturated rings. The van der Waals surface area contributed by atoms with Gasteiger partial charge in [-0.2, -0.15) is 0 Å². The number of halogens is 2. The van der Waals surface area contributed by atoms with E-state index in [-0.39, 0.29) is 28.8 Å². The van der Waals surface area contributed by atoms with E-state index >= 15 is 0 Å². The molecule has 0 unspecified atom stereocenters. The van der Waals surface area contributed by atoms with Gasteiger partial charge in [-0.05, 0) is 54.2 Å². The zero-order valence-electron chi connectivity index (χ0n) is 16.7. The average molecular weight is 505 g/mol. The van der Waals surface area contributed by atoms with Gasteiger partial charge in [-0.25, -0.2) is 0 Å². The number of imide groups is 1. The van der Waals surface area contributed by atoms with Gasteiger partial charge in [0.25, 0.3) is 16.8 Å². The van der Waals surface area contributed by atoms with Gasteiger partial charge in [-0.3, -0.25) is 24.6 Å². The molecule has 3 aromatic rings. The molecule has 0 spiro atoms. The molecule has 168 valence electrons. The number of hydrogen-bond acceptors (Lipinski definition) is 7. The third-order valence-corrected chi connectivity index (χ3v) is 6.09. The van der Waals surface area contributed by atoms with Crippen LogP contribution in [0.15, 0.2) is 63.9 Å². The Morgan fingerprint density at radius 3 is 2.58 bits per heavy atom. The average Bonchev–Trinajstić information content (AvgIpc) is 3.35. The normalized spacial score (nSPS) is 14.8. The predicted molar refractivity (Wildman–Crippen MR) is 125 cm³/mol. The number of ether oxygens (including phenoxy) is 1. The van der Waals surface area contributed by atoms with E-state index in [0.29, 0.717) is 27.9 Å². The van der Waals surface area contributed by atoms with E-state index in [4.69, 9.17) is 32.4 Å². The number of carbonyl (C=O) groups is 2. The second-order valence-corrected chi connectivity index (χ2v) is 8.60. The Hall–Kier alpha value is -3.27. The Morgan fingerprint density at radius 1 is 1.09 bits per heavy atom. The summed E-state index contributed by atoms with van der Waals surface area (Å²) in [6.07, 6.45) is 1.44. The van der Waals surface area contributed by atoms with Crippen LogP contribution in [0.25, 0.3) is 17.4 Å². The zero-order chi connectivity index (χ0) is 23.5. The molecule has 0 radical (unpaired) electrons. The third-order valence-electron chi connectivity index (χ3n) is 4.60. The topological polar surface area (TPSA) is 103 Å². The van der Waals surface area contributed by atoms with Gasteiger partial charge in [-0.15, -0.1) is 0 Å². The fourth-order valence-electron chi connectivity index (χ4n) is 3.00. The van der Waals surface area contributed by atoms with Crippen LogP contribution in [0.4, 0.5) is 10.5 Å². The molecule has 1 aliphatic rings. The Morgan fingerprint density at radius 2 is 1.85 bits per heavy atom. The first-order valence-corrected chi connectivity index (χ1v) is 11.1. The molecule has 11 heteroatoms. The molecular weight excluding hydrogens is 491 g/mol. The van der Waals surface area contributed by atoms with Gasteiger partial charge >= 0.3 is 0 Å². The fourth-order valence-corrected chi connectivity index (χ4v) is 4.18. The Balaban J connectivity index is 1.45. The Kier molecular flexibility index (Phi) is 6.73. The number of nitro groups is 1. The first-order chi connectivity index (χ1) is 15.8. The fraction of sp³-hybridized carbons (Fsp3) is 0.0909. The number of rotatable bonds is 7. The van der Waals surface area contributed by atoms with Gasteiger partial charge in [0.05, 0.1) is 21.4 Å². The van der Waals surface area contributed by atoms with Crippen LogP contribution in [0.1, 0.15) is 5.76 Å². The highest BCUT2D eigenvalue weighted by Gasteiger charge is 2.35. The van der Waals surface area contributed by atoms with Crippen LogP contribution in [0.5, 0.6) is 5.75 Å². The van der Waals surface area contributed by atoms with E-state index in [0.717, 1.165) is 16.7 Å². The number of benzene rings is 2. The molecule has 4 rings (SSSR count). The number of nitro benzene ring substituents is 1. The van der Waals surface area contributed by atoms with E-state index in [1.54, 1.807) is 36.4 Å². The number of amides is 2. The molecule has 33 heavy (non-hydrogen) atoms. The second-order valence-electron chi connectivity index (χ2n) is 6.76. The molecule has 0 atom stereocenters. The summed E-state index contributed by atoms with van der Waals surface area (Å²) >= 11 is 12.8. The van der Waals surface area contributed by atoms with Crippen LogP contribution in [0.3, 0.4) is 0 Å². The maximum absolute atomic E-state index is 12.7. The summed E-state index contributed by atoms with van der Waals surface area (Å²) in [6.45, 7) is 0.209. The largest absolute Gasteiger partial charge is 0.492 e. The number of furan rings is 1. The predicted octanol–water partition coefficient (Wildman–Crippen LogP) is 6.28. The van der Waals surface area contributed by atoms with Gasteiger partial charge < -0.3 is 9.15 Å². The van der Waals surface area contributed by atoms with Gasteiger partial charge in [0.15, 0.2) is 0 Å². The lowest BCUT2D eigenvalue weighted by atomic mass is 10.1. The quantitative estimate of drug-likeness (QED) is 0.212.